The van der Waals surface area contributed by atoms with Crippen LogP contribution in [0.3, 0.4) is 0 Å². The van der Waals surface area contributed by atoms with Gasteiger partial charge >= 0.3 is 0 Å². The highest BCUT2D eigenvalue weighted by Gasteiger charge is 2.11. The predicted octanol–water partition coefficient (Wildman–Crippen LogP) is 2.87. The molecule has 1 N–H and O–H groups in total. The number of nitrogens with zero attached hydrogens (tertiary/aromatic N) is 3. The molecule has 28 heavy (non-hydrogen) atoms. The Hall–Kier alpha value is -2.80. The molecular weight excluding hydrogens is 372 g/mol. The van der Waals surface area contributed by atoms with Gasteiger partial charge in [-0.05, 0) is 29.7 Å². The molecule has 1 aromatic heterocycles. The van der Waals surface area contributed by atoms with E-state index in [1.165, 1.54) is 17.3 Å². The van der Waals surface area contributed by atoms with Crippen molar-refractivity contribution in [3.8, 4) is 5.75 Å². The maximum absolute atomic E-state index is 12.1. The Morgan fingerprint density at radius 3 is 2.54 bits per heavy atom. The topological polar surface area (TPSA) is 69.0 Å². The lowest BCUT2D eigenvalue weighted by Crippen LogP contribution is -2.27. The van der Waals surface area contributed by atoms with E-state index in [9.17, 15) is 4.79 Å². The second-order valence-electron chi connectivity index (χ2n) is 6.36. The summed E-state index contributed by atoms with van der Waals surface area (Å²) in [7, 11) is 3.58. The molecule has 0 spiro atoms. The number of carbonyl (C=O) groups excluding carboxylic acids is 1. The molecule has 2 aromatic carbocycles. The minimum atomic E-state index is -0.00822. The molecule has 0 unspecified atom stereocenters. The molecule has 0 fully saturated rings. The van der Waals surface area contributed by atoms with Crippen LogP contribution < -0.4 is 10.1 Å². The minimum absolute atomic E-state index is 0.00822. The molecule has 0 aliphatic rings. The Kier molecular flexibility index (Phi) is 7.08. The molecule has 0 aliphatic heterocycles. The van der Waals surface area contributed by atoms with E-state index in [1.807, 2.05) is 54.1 Å². The predicted molar refractivity (Wildman–Crippen MR) is 111 cm³/mol. The van der Waals surface area contributed by atoms with Crippen molar-refractivity contribution >= 4 is 17.7 Å². The average molecular weight is 397 g/mol. The summed E-state index contributed by atoms with van der Waals surface area (Å²) in [6.07, 6.45) is 1.50. The van der Waals surface area contributed by atoms with E-state index in [2.05, 4.69) is 27.6 Å². The third kappa shape index (κ3) is 5.60. The smallest absolute Gasteiger partial charge is 0.230 e. The molecule has 0 radical (unpaired) electrons. The van der Waals surface area contributed by atoms with Crippen molar-refractivity contribution in [3.05, 3.63) is 71.5 Å². The van der Waals surface area contributed by atoms with Crippen molar-refractivity contribution in [1.29, 1.82) is 0 Å². The van der Waals surface area contributed by atoms with E-state index < -0.39 is 0 Å². The van der Waals surface area contributed by atoms with Gasteiger partial charge in [-0.15, -0.1) is 10.2 Å². The first kappa shape index (κ1) is 19.9. The summed E-state index contributed by atoms with van der Waals surface area (Å²) in [5.74, 6) is 2.03. The van der Waals surface area contributed by atoms with Crippen molar-refractivity contribution in [2.45, 2.75) is 18.0 Å². The molecule has 3 rings (SSSR count). The fourth-order valence-electron chi connectivity index (χ4n) is 2.72. The summed E-state index contributed by atoms with van der Waals surface area (Å²) < 4.78 is 7.09. The molecule has 1 heterocycles. The highest BCUT2D eigenvalue weighted by Crippen LogP contribution is 2.17. The van der Waals surface area contributed by atoms with E-state index in [-0.39, 0.29) is 5.91 Å². The number of aromatic nitrogens is 3. The monoisotopic (exact) mass is 396 g/mol. The molecule has 1 amide bonds. The molecule has 0 aliphatic carbocycles. The van der Waals surface area contributed by atoms with Gasteiger partial charge in [-0.1, -0.05) is 54.2 Å². The molecule has 0 saturated heterocycles. The van der Waals surface area contributed by atoms with Gasteiger partial charge in [0.2, 0.25) is 5.91 Å². The average Bonchev–Trinajstić information content (AvgIpc) is 3.07. The lowest BCUT2D eigenvalue weighted by Gasteiger charge is -2.07. The SMILES string of the molecule is COc1ccc(CCNC(=O)CSc2nnc(Cc3ccccc3)n2C)cc1. The number of ether oxygens (including phenoxy) is 1. The Morgan fingerprint density at radius 1 is 1.07 bits per heavy atom. The number of benzene rings is 2. The first-order valence-electron chi connectivity index (χ1n) is 9.10. The van der Waals surface area contributed by atoms with E-state index in [0.29, 0.717) is 12.3 Å². The van der Waals surface area contributed by atoms with Gasteiger partial charge in [-0.2, -0.15) is 0 Å². The molecule has 7 heteroatoms. The third-order valence-corrected chi connectivity index (χ3v) is 5.38. The fourth-order valence-corrected chi connectivity index (χ4v) is 3.48. The Labute approximate surface area is 169 Å². The van der Waals surface area contributed by atoms with Gasteiger partial charge in [0.1, 0.15) is 11.6 Å². The van der Waals surface area contributed by atoms with Crippen molar-refractivity contribution in [1.82, 2.24) is 20.1 Å². The zero-order valence-corrected chi connectivity index (χ0v) is 16.9. The summed E-state index contributed by atoms with van der Waals surface area (Å²) in [4.78, 5) is 12.1. The summed E-state index contributed by atoms with van der Waals surface area (Å²) in [6, 6.07) is 18.0. The zero-order chi connectivity index (χ0) is 19.8. The molecule has 146 valence electrons. The number of hydrogen-bond donors (Lipinski definition) is 1. The summed E-state index contributed by atoms with van der Waals surface area (Å²) >= 11 is 1.40. The molecule has 0 bridgehead atoms. The van der Waals surface area contributed by atoms with Gasteiger partial charge in [0.25, 0.3) is 0 Å². The standard InChI is InChI=1S/C21H24N4O2S/c1-25-19(14-17-6-4-3-5-7-17)23-24-21(25)28-15-20(26)22-13-12-16-8-10-18(27-2)11-9-16/h3-11H,12-15H2,1-2H3,(H,22,26). The number of hydrogen-bond acceptors (Lipinski definition) is 5. The Morgan fingerprint density at radius 2 is 1.82 bits per heavy atom. The number of methoxy groups -OCH3 is 1. The second-order valence-corrected chi connectivity index (χ2v) is 7.30. The van der Waals surface area contributed by atoms with Crippen molar-refractivity contribution in [3.63, 3.8) is 0 Å². The highest BCUT2D eigenvalue weighted by molar-refractivity contribution is 7.99. The van der Waals surface area contributed by atoms with Crippen LogP contribution in [0.15, 0.2) is 59.8 Å². The van der Waals surface area contributed by atoms with E-state index in [1.54, 1.807) is 7.11 Å². The van der Waals surface area contributed by atoms with Crippen LogP contribution in [0.25, 0.3) is 0 Å². The normalized spacial score (nSPS) is 10.6. The Balaban J connectivity index is 1.43. The number of thioether (sulfide) groups is 1. The van der Waals surface area contributed by atoms with Crippen LogP contribution in [0.2, 0.25) is 0 Å². The summed E-state index contributed by atoms with van der Waals surface area (Å²) in [6.45, 7) is 0.601. The van der Waals surface area contributed by atoms with Gasteiger partial charge in [0, 0.05) is 20.0 Å². The van der Waals surface area contributed by atoms with Crippen LogP contribution >= 0.6 is 11.8 Å². The number of amides is 1. The van der Waals surface area contributed by atoms with Gasteiger partial charge < -0.3 is 14.6 Å². The first-order valence-corrected chi connectivity index (χ1v) is 10.1. The van der Waals surface area contributed by atoms with Crippen molar-refractivity contribution in [2.75, 3.05) is 19.4 Å². The van der Waals surface area contributed by atoms with Gasteiger partial charge in [0.15, 0.2) is 5.16 Å². The maximum atomic E-state index is 12.1. The molecule has 3 aromatic rings. The van der Waals surface area contributed by atoms with Gasteiger partial charge in [-0.25, -0.2) is 0 Å². The van der Waals surface area contributed by atoms with Crippen molar-refractivity contribution < 1.29 is 9.53 Å². The summed E-state index contributed by atoms with van der Waals surface area (Å²) in [5, 5.41) is 12.2. The lowest BCUT2D eigenvalue weighted by molar-refractivity contribution is -0.118. The Bertz CT molecular complexity index is 895. The molecule has 6 nitrogen and oxygen atoms in total. The van der Waals surface area contributed by atoms with Crippen LogP contribution in [-0.4, -0.2) is 40.1 Å². The quantitative estimate of drug-likeness (QED) is 0.563. The minimum Gasteiger partial charge on any atom is -0.497 e. The maximum Gasteiger partial charge on any atom is 0.230 e. The largest absolute Gasteiger partial charge is 0.497 e. The zero-order valence-electron chi connectivity index (χ0n) is 16.1. The number of carbonyl (C=O) groups is 1. The van der Waals surface area contributed by atoms with E-state index >= 15 is 0 Å². The fraction of sp³-hybridized carbons (Fsp3) is 0.286. The third-order valence-electron chi connectivity index (χ3n) is 4.36. The van der Waals surface area contributed by atoms with Gasteiger partial charge in [0.05, 0.1) is 12.9 Å². The van der Waals surface area contributed by atoms with Crippen LogP contribution in [-0.2, 0) is 24.7 Å². The first-order chi connectivity index (χ1) is 13.7. The molecule has 0 atom stereocenters. The van der Waals surface area contributed by atoms with Crippen LogP contribution in [0.1, 0.15) is 17.0 Å². The second kappa shape index (κ2) is 9.94. The van der Waals surface area contributed by atoms with Crippen molar-refractivity contribution in [2.24, 2.45) is 7.05 Å². The van der Waals surface area contributed by atoms with E-state index in [4.69, 9.17) is 4.74 Å². The molecular formula is C21H24N4O2S. The summed E-state index contributed by atoms with van der Waals surface area (Å²) in [5.41, 5.74) is 2.35. The van der Waals surface area contributed by atoms with Gasteiger partial charge in [-0.3, -0.25) is 4.79 Å². The van der Waals surface area contributed by atoms with E-state index in [0.717, 1.165) is 35.1 Å². The van der Waals surface area contributed by atoms with Crippen LogP contribution in [0.5, 0.6) is 5.75 Å². The van der Waals surface area contributed by atoms with Crippen LogP contribution in [0.4, 0.5) is 0 Å². The lowest BCUT2D eigenvalue weighted by atomic mass is 10.1. The number of rotatable bonds is 9. The van der Waals surface area contributed by atoms with Crippen LogP contribution in [0, 0.1) is 0 Å². The molecule has 0 saturated carbocycles. The number of nitrogens with one attached hydrogen (secondary N) is 1. The highest BCUT2D eigenvalue weighted by atomic mass is 32.2.